The van der Waals surface area contributed by atoms with Crippen molar-refractivity contribution in [2.45, 2.75) is 37.3 Å². The number of carbonyl (C=O) groups excluding carboxylic acids is 1. The number of carbonyl (C=O) groups is 1. The van der Waals surface area contributed by atoms with Crippen LogP contribution in [0.4, 0.5) is 23.7 Å². The first-order valence-corrected chi connectivity index (χ1v) is 11.6. The Morgan fingerprint density at radius 3 is 2.59 bits per heavy atom. The largest absolute Gasteiger partial charge is 0.416 e. The number of alkyl halides is 3. The molecule has 2 aromatic rings. The van der Waals surface area contributed by atoms with Crippen molar-refractivity contribution in [3.63, 3.8) is 0 Å². The van der Waals surface area contributed by atoms with E-state index in [1.807, 2.05) is 49.3 Å². The number of likely N-dealkylation sites (N-methyl/N-ethyl adjacent to an activating group) is 1. The van der Waals surface area contributed by atoms with Crippen molar-refractivity contribution < 1.29 is 22.7 Å². The molecule has 9 heteroatoms. The van der Waals surface area contributed by atoms with Gasteiger partial charge in [-0.2, -0.15) is 13.2 Å². The molecule has 2 aliphatic heterocycles. The maximum atomic E-state index is 13.4. The molecule has 4 rings (SSSR count). The molecule has 2 aliphatic rings. The normalized spacial score (nSPS) is 24.1. The first kappa shape index (κ1) is 24.3. The molecule has 3 N–H and O–H groups in total. The quantitative estimate of drug-likeness (QED) is 0.572. The van der Waals surface area contributed by atoms with Crippen molar-refractivity contribution in [2.75, 3.05) is 39.0 Å². The van der Waals surface area contributed by atoms with E-state index in [4.69, 9.17) is 4.74 Å². The van der Waals surface area contributed by atoms with Gasteiger partial charge in [0, 0.05) is 36.8 Å². The molecule has 1 fully saturated rings. The fraction of sp³-hybridized carbons (Fsp3) is 0.480. The van der Waals surface area contributed by atoms with E-state index in [9.17, 15) is 18.0 Å². The maximum Gasteiger partial charge on any atom is 0.416 e. The number of amides is 2. The van der Waals surface area contributed by atoms with Gasteiger partial charge in [0.2, 0.25) is 0 Å². The molecule has 2 unspecified atom stereocenters. The highest BCUT2D eigenvalue weighted by Crippen LogP contribution is 2.51. The van der Waals surface area contributed by atoms with E-state index in [-0.39, 0.29) is 24.1 Å². The van der Waals surface area contributed by atoms with Gasteiger partial charge in [-0.1, -0.05) is 30.3 Å². The third-order valence-electron chi connectivity index (χ3n) is 6.47. The van der Waals surface area contributed by atoms with E-state index in [0.717, 1.165) is 24.6 Å². The van der Waals surface area contributed by atoms with Crippen LogP contribution in [0.1, 0.15) is 41.7 Å². The van der Waals surface area contributed by atoms with Crippen molar-refractivity contribution >= 4 is 11.7 Å². The van der Waals surface area contributed by atoms with Crippen molar-refractivity contribution in [1.29, 1.82) is 0 Å². The molecular formula is C25H31F3N4O2. The molecule has 34 heavy (non-hydrogen) atoms. The van der Waals surface area contributed by atoms with E-state index < -0.39 is 17.8 Å². The minimum Gasteiger partial charge on any atom is -0.378 e. The fourth-order valence-electron chi connectivity index (χ4n) is 4.74. The smallest absolute Gasteiger partial charge is 0.378 e. The first-order valence-electron chi connectivity index (χ1n) is 11.6. The third-order valence-corrected chi connectivity index (χ3v) is 6.47. The zero-order valence-corrected chi connectivity index (χ0v) is 19.4. The zero-order valence-electron chi connectivity index (χ0n) is 19.4. The van der Waals surface area contributed by atoms with Gasteiger partial charge in [-0.3, -0.25) is 0 Å². The van der Waals surface area contributed by atoms with E-state index in [2.05, 4.69) is 16.0 Å². The second-order valence-corrected chi connectivity index (χ2v) is 9.19. The van der Waals surface area contributed by atoms with E-state index in [1.54, 1.807) is 0 Å². The summed E-state index contributed by atoms with van der Waals surface area (Å²) in [6, 6.07) is 13.4. The van der Waals surface area contributed by atoms with E-state index in [0.29, 0.717) is 30.8 Å². The van der Waals surface area contributed by atoms with Gasteiger partial charge in [0.1, 0.15) is 0 Å². The minimum absolute atomic E-state index is 0.0245. The summed E-state index contributed by atoms with van der Waals surface area (Å²) in [5, 5.41) is 9.09. The number of nitrogens with zero attached hydrogens (tertiary/aromatic N) is 1. The number of hydrogen-bond donors (Lipinski definition) is 3. The van der Waals surface area contributed by atoms with Gasteiger partial charge in [0.05, 0.1) is 23.8 Å². The molecule has 0 bridgehead atoms. The second-order valence-electron chi connectivity index (χ2n) is 9.19. The van der Waals surface area contributed by atoms with Crippen LogP contribution < -0.4 is 16.0 Å². The molecule has 0 radical (unpaired) electrons. The number of urea groups is 1. The second kappa shape index (κ2) is 10.2. The van der Waals surface area contributed by atoms with Gasteiger partial charge in [-0.05, 0) is 50.7 Å². The summed E-state index contributed by atoms with van der Waals surface area (Å²) < 4.78 is 46.7. The number of fused-ring (bicyclic) bond motifs is 3. The topological polar surface area (TPSA) is 65.6 Å². The number of benzene rings is 2. The predicted molar refractivity (Wildman–Crippen MR) is 125 cm³/mol. The van der Waals surface area contributed by atoms with Gasteiger partial charge in [0.25, 0.3) is 0 Å². The van der Waals surface area contributed by atoms with Crippen LogP contribution >= 0.6 is 0 Å². The van der Waals surface area contributed by atoms with Crippen molar-refractivity contribution in [3.05, 3.63) is 65.2 Å². The summed E-state index contributed by atoms with van der Waals surface area (Å²) >= 11 is 0. The number of halogens is 3. The molecule has 0 spiro atoms. The third kappa shape index (κ3) is 5.64. The average molecular weight is 477 g/mol. The van der Waals surface area contributed by atoms with Crippen LogP contribution in [-0.4, -0.2) is 50.8 Å². The summed E-state index contributed by atoms with van der Waals surface area (Å²) in [5.41, 5.74) is 1.56. The first-order chi connectivity index (χ1) is 16.2. The lowest BCUT2D eigenvalue weighted by Gasteiger charge is -2.46. The Bertz CT molecular complexity index is 984. The minimum atomic E-state index is -4.43. The van der Waals surface area contributed by atoms with Crippen molar-refractivity contribution in [1.82, 2.24) is 15.5 Å². The fourth-order valence-corrected chi connectivity index (χ4v) is 4.74. The van der Waals surface area contributed by atoms with Crippen LogP contribution in [-0.2, 0) is 10.9 Å². The Balaban J connectivity index is 1.52. The van der Waals surface area contributed by atoms with Crippen LogP contribution in [0.3, 0.4) is 0 Å². The van der Waals surface area contributed by atoms with Gasteiger partial charge >= 0.3 is 12.2 Å². The molecular weight excluding hydrogens is 445 g/mol. The molecule has 6 nitrogen and oxygen atoms in total. The lowest BCUT2D eigenvalue weighted by molar-refractivity contribution is -0.138. The Morgan fingerprint density at radius 2 is 1.88 bits per heavy atom. The van der Waals surface area contributed by atoms with Gasteiger partial charge in [-0.15, -0.1) is 0 Å². The molecule has 2 aromatic carbocycles. The Hall–Kier alpha value is -2.78. The number of ether oxygens (including phenoxy) is 1. The Morgan fingerprint density at radius 1 is 1.12 bits per heavy atom. The number of hydrogen-bond acceptors (Lipinski definition) is 4. The average Bonchev–Trinajstić information content (AvgIpc) is 2.81. The van der Waals surface area contributed by atoms with E-state index >= 15 is 0 Å². The summed E-state index contributed by atoms with van der Waals surface area (Å²) in [4.78, 5) is 14.1. The van der Waals surface area contributed by atoms with Crippen LogP contribution in [0, 0.1) is 5.92 Å². The molecule has 2 heterocycles. The SMILES string of the molecule is CN(C)CCNC(=O)NCC1CC[C@H]2C(c3ccccc3)Nc3ccc(C(F)(F)F)cc3[C@H]2O1. The molecule has 2 amide bonds. The van der Waals surface area contributed by atoms with E-state index in [1.165, 1.54) is 12.1 Å². The summed E-state index contributed by atoms with van der Waals surface area (Å²) in [6.45, 7) is 1.55. The lowest BCUT2D eigenvalue weighted by Crippen LogP contribution is -2.46. The molecule has 0 aliphatic carbocycles. The number of rotatable bonds is 6. The van der Waals surface area contributed by atoms with Gasteiger partial charge in [0.15, 0.2) is 0 Å². The zero-order chi connectivity index (χ0) is 24.3. The lowest BCUT2D eigenvalue weighted by atomic mass is 9.76. The van der Waals surface area contributed by atoms with Crippen LogP contribution in [0.2, 0.25) is 0 Å². The summed E-state index contributed by atoms with van der Waals surface area (Å²) in [7, 11) is 3.85. The molecule has 1 saturated heterocycles. The van der Waals surface area contributed by atoms with Gasteiger partial charge < -0.3 is 25.6 Å². The highest BCUT2D eigenvalue weighted by molar-refractivity contribution is 5.73. The maximum absolute atomic E-state index is 13.4. The molecule has 184 valence electrons. The highest BCUT2D eigenvalue weighted by atomic mass is 19.4. The predicted octanol–water partition coefficient (Wildman–Crippen LogP) is 4.57. The number of nitrogens with one attached hydrogen (secondary N) is 3. The Kier molecular flexibility index (Phi) is 7.33. The molecule has 0 aromatic heterocycles. The standard InChI is InChI=1S/C25H31F3N4O2/c1-32(2)13-12-29-24(33)30-15-18-9-10-19-22(16-6-4-3-5-7-16)31-21-11-8-17(25(26,27)28)14-20(21)23(19)34-18/h3-8,11,14,18-19,22-23,31H,9-10,12-13,15H2,1-2H3,(H2,29,30,33)/t18?,19-,22?,23-/m0/s1. The number of anilines is 1. The molecule has 4 atom stereocenters. The highest BCUT2D eigenvalue weighted by Gasteiger charge is 2.43. The van der Waals surface area contributed by atoms with Crippen LogP contribution in [0.25, 0.3) is 0 Å². The van der Waals surface area contributed by atoms with Crippen LogP contribution in [0.15, 0.2) is 48.5 Å². The van der Waals surface area contributed by atoms with Crippen LogP contribution in [0.5, 0.6) is 0 Å². The monoisotopic (exact) mass is 476 g/mol. The van der Waals surface area contributed by atoms with Crippen molar-refractivity contribution in [3.8, 4) is 0 Å². The summed E-state index contributed by atoms with van der Waals surface area (Å²) in [5.74, 6) is -0.0245. The summed E-state index contributed by atoms with van der Waals surface area (Å²) in [6.07, 6.45) is -3.74. The van der Waals surface area contributed by atoms with Gasteiger partial charge in [-0.25, -0.2) is 4.79 Å². The van der Waals surface area contributed by atoms with Crippen molar-refractivity contribution in [2.24, 2.45) is 5.92 Å². The Labute approximate surface area is 197 Å². The molecule has 0 saturated carbocycles.